The second kappa shape index (κ2) is 10.0. The molecule has 31 heavy (non-hydrogen) atoms. The van der Waals surface area contributed by atoms with Crippen LogP contribution in [0.4, 0.5) is 5.69 Å². The van der Waals surface area contributed by atoms with E-state index in [2.05, 4.69) is 18.5 Å². The third-order valence-electron chi connectivity index (χ3n) is 5.50. The number of carbonyl (C=O) groups is 1. The monoisotopic (exact) mass is 426 g/mol. The van der Waals surface area contributed by atoms with E-state index in [1.807, 2.05) is 30.3 Å². The van der Waals surface area contributed by atoms with Crippen LogP contribution >= 0.6 is 0 Å². The zero-order chi connectivity index (χ0) is 22.4. The van der Waals surface area contributed by atoms with Crippen molar-refractivity contribution >= 4 is 11.6 Å². The predicted molar refractivity (Wildman–Crippen MR) is 118 cm³/mol. The molecule has 3 rings (SSSR count). The maximum Gasteiger partial charge on any atom is 0.341 e. The highest BCUT2D eigenvalue weighted by Crippen LogP contribution is 2.14. The number of nitrogens with one attached hydrogen (secondary N) is 2. The van der Waals surface area contributed by atoms with Gasteiger partial charge in [-0.15, -0.1) is 13.2 Å². The third-order valence-corrected chi connectivity index (χ3v) is 5.50. The van der Waals surface area contributed by atoms with Crippen LogP contribution in [0.25, 0.3) is 0 Å². The van der Waals surface area contributed by atoms with Crippen molar-refractivity contribution in [1.29, 1.82) is 0 Å². The van der Waals surface area contributed by atoms with Gasteiger partial charge in [0.1, 0.15) is 0 Å². The van der Waals surface area contributed by atoms with Crippen LogP contribution < -0.4 is 27.3 Å². The Morgan fingerprint density at radius 1 is 0.935 bits per heavy atom. The van der Waals surface area contributed by atoms with Gasteiger partial charge in [0.25, 0.3) is 0 Å². The lowest BCUT2D eigenvalue weighted by molar-refractivity contribution is -0.928. The van der Waals surface area contributed by atoms with Crippen LogP contribution in [0.2, 0.25) is 0 Å². The lowest BCUT2D eigenvalue weighted by Gasteiger charge is -2.28. The van der Waals surface area contributed by atoms with E-state index in [0.29, 0.717) is 25.9 Å². The first-order valence-electron chi connectivity index (χ1n) is 10.3. The average molecular weight is 426 g/mol. The van der Waals surface area contributed by atoms with Crippen molar-refractivity contribution in [1.82, 2.24) is 13.7 Å². The molecule has 2 N–H and O–H groups in total. The number of piperidine rings is 1. The summed E-state index contributed by atoms with van der Waals surface area (Å²) in [5.41, 5.74) is -1.20. The molecule has 0 aliphatic carbocycles. The number of allylic oxidation sites excluding steroid dienone is 2. The molecular weight excluding hydrogens is 398 g/mol. The minimum absolute atomic E-state index is 0.0183. The first kappa shape index (κ1) is 22.2. The number of benzene rings is 1. The molecule has 0 atom stereocenters. The van der Waals surface area contributed by atoms with Crippen LogP contribution in [0.5, 0.6) is 0 Å². The van der Waals surface area contributed by atoms with Gasteiger partial charge < -0.3 is 10.2 Å². The van der Waals surface area contributed by atoms with Gasteiger partial charge >= 0.3 is 17.1 Å². The minimum Gasteiger partial charge on any atom is -0.326 e. The van der Waals surface area contributed by atoms with E-state index in [4.69, 9.17) is 0 Å². The molecule has 1 saturated heterocycles. The fourth-order valence-electron chi connectivity index (χ4n) is 3.82. The summed E-state index contributed by atoms with van der Waals surface area (Å²) in [4.78, 5) is 51.5. The molecule has 1 amide bonds. The Morgan fingerprint density at radius 3 is 1.97 bits per heavy atom. The number of rotatable bonds is 8. The summed E-state index contributed by atoms with van der Waals surface area (Å²) in [5.74, 6) is -0.136. The number of aromatic nitrogens is 3. The van der Waals surface area contributed by atoms with Crippen molar-refractivity contribution in [2.24, 2.45) is 5.92 Å². The van der Waals surface area contributed by atoms with Crippen LogP contribution in [-0.4, -0.2) is 32.7 Å². The van der Waals surface area contributed by atoms with Crippen molar-refractivity contribution in [3.63, 3.8) is 0 Å². The highest BCUT2D eigenvalue weighted by molar-refractivity contribution is 5.92. The normalized spacial score (nSPS) is 18.3. The number of para-hydroxylation sites is 1. The molecule has 2 aromatic rings. The van der Waals surface area contributed by atoms with Crippen LogP contribution in [0, 0.1) is 5.92 Å². The molecular formula is C22H28N5O4+. The number of hydrogen-bond acceptors (Lipinski definition) is 4. The largest absolute Gasteiger partial charge is 0.341 e. The van der Waals surface area contributed by atoms with Crippen LogP contribution in [-0.2, 0) is 24.6 Å². The Hall–Kier alpha value is -3.46. The summed E-state index contributed by atoms with van der Waals surface area (Å²) in [6.45, 7) is 8.61. The lowest BCUT2D eigenvalue weighted by Crippen LogP contribution is -3.13. The Labute approximate surface area is 179 Å². The zero-order valence-electron chi connectivity index (χ0n) is 17.5. The molecule has 1 fully saturated rings. The number of likely N-dealkylation sites (tertiary alicyclic amines) is 1. The molecule has 164 valence electrons. The van der Waals surface area contributed by atoms with E-state index >= 15 is 0 Å². The number of nitrogens with zero attached hydrogens (tertiary/aromatic N) is 3. The Kier molecular flexibility index (Phi) is 7.19. The molecule has 1 aromatic carbocycles. The summed E-state index contributed by atoms with van der Waals surface area (Å²) in [7, 11) is 0. The van der Waals surface area contributed by atoms with Gasteiger partial charge in [0.2, 0.25) is 5.91 Å². The van der Waals surface area contributed by atoms with Gasteiger partial charge in [0, 0.05) is 24.4 Å². The Morgan fingerprint density at radius 2 is 1.45 bits per heavy atom. The first-order valence-corrected chi connectivity index (χ1v) is 10.3. The highest BCUT2D eigenvalue weighted by Gasteiger charge is 2.28. The number of carbonyl (C=O) groups excluding carboxylic acids is 1. The van der Waals surface area contributed by atoms with Crippen molar-refractivity contribution in [3.8, 4) is 0 Å². The second-order valence-corrected chi connectivity index (χ2v) is 7.61. The molecule has 0 spiro atoms. The fourth-order valence-corrected chi connectivity index (χ4v) is 3.82. The van der Waals surface area contributed by atoms with Gasteiger partial charge in [-0.25, -0.2) is 23.5 Å². The van der Waals surface area contributed by atoms with Gasteiger partial charge in [-0.1, -0.05) is 30.4 Å². The van der Waals surface area contributed by atoms with E-state index in [-0.39, 0.29) is 31.6 Å². The fraction of sp³-hybridized carbons (Fsp3) is 0.364. The molecule has 1 aliphatic heterocycles. The van der Waals surface area contributed by atoms with Crippen LogP contribution in [0.15, 0.2) is 70.0 Å². The average Bonchev–Trinajstić information content (AvgIpc) is 2.78. The quantitative estimate of drug-likeness (QED) is 0.553. The van der Waals surface area contributed by atoms with Crippen molar-refractivity contribution in [3.05, 3.63) is 87.1 Å². The summed E-state index contributed by atoms with van der Waals surface area (Å²) in [6.07, 6.45) is 4.19. The van der Waals surface area contributed by atoms with E-state index in [0.717, 1.165) is 24.3 Å². The molecule has 9 heteroatoms. The summed E-state index contributed by atoms with van der Waals surface area (Å²) < 4.78 is 3.09. The highest BCUT2D eigenvalue weighted by atomic mass is 16.2. The maximum absolute atomic E-state index is 12.8. The lowest BCUT2D eigenvalue weighted by atomic mass is 9.96. The number of quaternary nitrogens is 1. The molecule has 9 nitrogen and oxygen atoms in total. The molecule has 1 aromatic heterocycles. The molecule has 1 aliphatic rings. The molecule has 0 saturated carbocycles. The van der Waals surface area contributed by atoms with Gasteiger partial charge in [0.05, 0.1) is 26.2 Å². The maximum atomic E-state index is 12.8. The summed E-state index contributed by atoms with van der Waals surface area (Å²) in [5, 5.41) is 2.93. The molecule has 0 bridgehead atoms. The van der Waals surface area contributed by atoms with E-state index in [1.165, 1.54) is 12.2 Å². The topological polar surface area (TPSA) is 99.5 Å². The van der Waals surface area contributed by atoms with Gasteiger partial charge in [0.15, 0.2) is 6.67 Å². The second-order valence-electron chi connectivity index (χ2n) is 7.61. The molecule has 0 unspecified atom stereocenters. The first-order chi connectivity index (χ1) is 15.0. The van der Waals surface area contributed by atoms with Crippen molar-refractivity contribution in [2.45, 2.75) is 32.6 Å². The Balaban J connectivity index is 1.72. The van der Waals surface area contributed by atoms with Crippen molar-refractivity contribution in [2.75, 3.05) is 18.4 Å². The van der Waals surface area contributed by atoms with Gasteiger partial charge in [-0.05, 0) is 12.1 Å². The van der Waals surface area contributed by atoms with Gasteiger partial charge in [-0.2, -0.15) is 4.57 Å². The predicted octanol–water partition coefficient (Wildman–Crippen LogP) is -0.565. The molecule has 0 radical (unpaired) electrons. The SMILES string of the molecule is C=CCn1c(=O)n(CC=C)c(=O)n(C[NH+]2CCC(C(=O)Nc3ccccc3)CC2)c1=O. The number of anilines is 1. The smallest absolute Gasteiger partial charge is 0.326 e. The van der Waals surface area contributed by atoms with Crippen LogP contribution in [0.3, 0.4) is 0 Å². The van der Waals surface area contributed by atoms with E-state index in [9.17, 15) is 19.2 Å². The Bertz CT molecular complexity index is 1070. The number of amides is 1. The summed E-state index contributed by atoms with van der Waals surface area (Å²) in [6, 6.07) is 9.31. The summed E-state index contributed by atoms with van der Waals surface area (Å²) >= 11 is 0. The van der Waals surface area contributed by atoms with Crippen molar-refractivity contribution < 1.29 is 9.69 Å². The standard InChI is InChI=1S/C22H27N5O4/c1-3-12-25-20(29)26(13-4-2)22(31)27(21(25)30)16-24-14-10-17(11-15-24)19(28)23-18-8-6-5-7-9-18/h3-9,17H,1-2,10-16H2,(H,23,28)/p+1. The van der Waals surface area contributed by atoms with Crippen LogP contribution in [0.1, 0.15) is 12.8 Å². The number of hydrogen-bond donors (Lipinski definition) is 2. The minimum atomic E-state index is -0.669. The molecule has 2 heterocycles. The van der Waals surface area contributed by atoms with Gasteiger partial charge in [-0.3, -0.25) is 4.79 Å². The third kappa shape index (κ3) is 5.00. The van der Waals surface area contributed by atoms with E-state index in [1.54, 1.807) is 0 Å². The van der Waals surface area contributed by atoms with E-state index < -0.39 is 17.1 Å². The zero-order valence-corrected chi connectivity index (χ0v) is 17.5.